The number of hydrogen-bond acceptors (Lipinski definition) is 5. The molecule has 1 aromatic heterocycles. The van der Waals surface area contributed by atoms with Crippen LogP contribution in [-0.4, -0.2) is 45.2 Å². The minimum atomic E-state index is -3.47. The predicted molar refractivity (Wildman–Crippen MR) is 109 cm³/mol. The van der Waals surface area contributed by atoms with Crippen LogP contribution in [0.25, 0.3) is 0 Å². The van der Waals surface area contributed by atoms with Crippen molar-refractivity contribution < 1.29 is 18.0 Å². The summed E-state index contributed by atoms with van der Waals surface area (Å²) in [5, 5.41) is 2.82. The van der Waals surface area contributed by atoms with Crippen LogP contribution in [0.3, 0.4) is 0 Å². The average molecular weight is 422 g/mol. The average Bonchev–Trinajstić information content (AvgIpc) is 3.27. The van der Waals surface area contributed by atoms with Gasteiger partial charge in [-0.1, -0.05) is 17.7 Å². The molecule has 1 aliphatic heterocycles. The van der Waals surface area contributed by atoms with Gasteiger partial charge in [0, 0.05) is 37.6 Å². The van der Waals surface area contributed by atoms with E-state index in [9.17, 15) is 18.0 Å². The summed E-state index contributed by atoms with van der Waals surface area (Å²) in [6.07, 6.45) is 0.171. The molecule has 3 rings (SSSR count). The van der Waals surface area contributed by atoms with Gasteiger partial charge in [-0.05, 0) is 31.2 Å². The third-order valence-corrected chi connectivity index (χ3v) is 8.02. The van der Waals surface area contributed by atoms with Crippen molar-refractivity contribution in [2.45, 2.75) is 24.1 Å². The lowest BCUT2D eigenvalue weighted by Gasteiger charge is -2.17. The molecular weight excluding hydrogens is 398 g/mol. The van der Waals surface area contributed by atoms with Gasteiger partial charge >= 0.3 is 0 Å². The normalized spacial score (nSPS) is 17.4. The molecule has 1 N–H and O–H groups in total. The third kappa shape index (κ3) is 4.26. The first-order chi connectivity index (χ1) is 13.2. The summed E-state index contributed by atoms with van der Waals surface area (Å²) in [6.45, 7) is 2.56. The van der Waals surface area contributed by atoms with Crippen LogP contribution in [0.2, 0.25) is 0 Å². The zero-order valence-electron chi connectivity index (χ0n) is 16.0. The Kier molecular flexibility index (Phi) is 5.87. The highest BCUT2D eigenvalue weighted by molar-refractivity contribution is 7.91. The van der Waals surface area contributed by atoms with Crippen molar-refractivity contribution in [2.75, 3.05) is 25.5 Å². The van der Waals surface area contributed by atoms with Gasteiger partial charge in [-0.3, -0.25) is 9.59 Å². The van der Waals surface area contributed by atoms with Crippen LogP contribution in [0.4, 0.5) is 5.69 Å². The monoisotopic (exact) mass is 421 g/mol. The van der Waals surface area contributed by atoms with E-state index in [4.69, 9.17) is 0 Å². The second-order valence-corrected chi connectivity index (χ2v) is 10.5. The summed E-state index contributed by atoms with van der Waals surface area (Å²) in [6, 6.07) is 10.9. The molecule has 1 saturated heterocycles. The van der Waals surface area contributed by atoms with Gasteiger partial charge in [-0.2, -0.15) is 0 Å². The van der Waals surface area contributed by atoms with E-state index in [0.29, 0.717) is 6.54 Å². The molecule has 1 aliphatic rings. The quantitative estimate of drug-likeness (QED) is 0.773. The van der Waals surface area contributed by atoms with Gasteiger partial charge in [0.1, 0.15) is 4.21 Å². The topological polar surface area (TPSA) is 86.8 Å². The fraction of sp³-hybridized carbons (Fsp3) is 0.368. The Bertz CT molecular complexity index is 981. The first-order valence-corrected chi connectivity index (χ1v) is 11.1. The fourth-order valence-electron chi connectivity index (χ4n) is 2.95. The first kappa shape index (κ1) is 20.5. The number of aryl methyl sites for hydroxylation is 1. The van der Waals surface area contributed by atoms with Crippen LogP contribution >= 0.6 is 11.3 Å². The number of nitrogens with one attached hydrogen (secondary N) is 1. The van der Waals surface area contributed by atoms with Gasteiger partial charge < -0.3 is 10.2 Å². The second-order valence-electron chi connectivity index (χ2n) is 6.97. The maximum Gasteiger partial charge on any atom is 0.252 e. The van der Waals surface area contributed by atoms with E-state index < -0.39 is 15.9 Å². The van der Waals surface area contributed by atoms with Crippen molar-refractivity contribution >= 4 is 38.9 Å². The smallest absolute Gasteiger partial charge is 0.252 e. The van der Waals surface area contributed by atoms with Gasteiger partial charge in [0.2, 0.25) is 11.8 Å². The molecule has 2 heterocycles. The Labute approximate surface area is 169 Å². The van der Waals surface area contributed by atoms with E-state index in [2.05, 4.69) is 5.32 Å². The molecule has 28 heavy (non-hydrogen) atoms. The van der Waals surface area contributed by atoms with Crippen LogP contribution in [-0.2, 0) is 26.2 Å². The summed E-state index contributed by atoms with van der Waals surface area (Å²) in [5.74, 6) is -0.688. The summed E-state index contributed by atoms with van der Waals surface area (Å²) in [7, 11) is -0.512. The number of rotatable bonds is 6. The van der Waals surface area contributed by atoms with Crippen molar-refractivity contribution in [2.24, 2.45) is 5.92 Å². The number of carbonyl (C=O) groups excluding carboxylic acids is 2. The van der Waals surface area contributed by atoms with Crippen LogP contribution in [0, 0.1) is 12.8 Å². The predicted octanol–water partition coefficient (Wildman–Crippen LogP) is 1.98. The molecule has 9 heteroatoms. The molecule has 0 bridgehead atoms. The summed E-state index contributed by atoms with van der Waals surface area (Å²) >= 11 is 1.13. The lowest BCUT2D eigenvalue weighted by molar-refractivity contribution is -0.126. The molecule has 1 fully saturated rings. The van der Waals surface area contributed by atoms with Gasteiger partial charge in [-0.25, -0.2) is 12.7 Å². The van der Waals surface area contributed by atoms with Crippen molar-refractivity contribution in [3.8, 4) is 0 Å². The Balaban J connectivity index is 1.59. The van der Waals surface area contributed by atoms with Gasteiger partial charge in [0.25, 0.3) is 10.0 Å². The molecule has 7 nitrogen and oxygen atoms in total. The number of nitrogens with zero attached hydrogens (tertiary/aromatic N) is 2. The molecule has 2 amide bonds. The first-order valence-electron chi connectivity index (χ1n) is 8.84. The lowest BCUT2D eigenvalue weighted by Crippen LogP contribution is -2.32. The van der Waals surface area contributed by atoms with Gasteiger partial charge in [0.15, 0.2) is 0 Å². The number of thiophene rings is 1. The molecule has 0 aliphatic carbocycles. The highest BCUT2D eigenvalue weighted by atomic mass is 32.2. The summed E-state index contributed by atoms with van der Waals surface area (Å²) < 4.78 is 25.6. The number of benzene rings is 1. The minimum absolute atomic E-state index is 0.0699. The molecular formula is C19H23N3O4S2. The fourth-order valence-corrected chi connectivity index (χ4v) is 5.41. The van der Waals surface area contributed by atoms with E-state index in [1.54, 1.807) is 17.0 Å². The highest BCUT2D eigenvalue weighted by Gasteiger charge is 2.35. The molecule has 150 valence electrons. The Morgan fingerprint density at radius 1 is 1.21 bits per heavy atom. The Morgan fingerprint density at radius 3 is 2.54 bits per heavy atom. The van der Waals surface area contributed by atoms with Crippen LogP contribution in [0.15, 0.2) is 40.6 Å². The van der Waals surface area contributed by atoms with Gasteiger partial charge in [0.05, 0.1) is 12.5 Å². The van der Waals surface area contributed by atoms with E-state index >= 15 is 0 Å². The van der Waals surface area contributed by atoms with E-state index in [1.807, 2.05) is 31.2 Å². The Morgan fingerprint density at radius 2 is 1.89 bits per heavy atom. The number of hydrogen-bond donors (Lipinski definition) is 1. The van der Waals surface area contributed by atoms with E-state index in [0.717, 1.165) is 31.8 Å². The number of carbonyl (C=O) groups is 2. The molecule has 2 aromatic rings. The number of anilines is 1. The summed E-state index contributed by atoms with van der Waals surface area (Å²) in [5.41, 5.74) is 1.90. The van der Waals surface area contributed by atoms with E-state index in [1.165, 1.54) is 14.1 Å². The SMILES string of the molecule is Cc1ccc(N2CC(C(=O)NCc3ccc(S(=O)(=O)N(C)C)s3)CC2=O)cc1. The maximum atomic E-state index is 12.5. The third-order valence-electron chi connectivity index (χ3n) is 4.65. The minimum Gasteiger partial charge on any atom is -0.351 e. The molecule has 0 saturated carbocycles. The van der Waals surface area contributed by atoms with Crippen molar-refractivity contribution in [1.29, 1.82) is 0 Å². The van der Waals surface area contributed by atoms with Crippen LogP contribution < -0.4 is 10.2 Å². The molecule has 0 radical (unpaired) electrons. The van der Waals surface area contributed by atoms with Crippen molar-refractivity contribution in [1.82, 2.24) is 9.62 Å². The van der Waals surface area contributed by atoms with E-state index in [-0.39, 0.29) is 29.0 Å². The molecule has 1 unspecified atom stereocenters. The van der Waals surface area contributed by atoms with Crippen molar-refractivity contribution in [3.63, 3.8) is 0 Å². The number of sulfonamides is 1. The van der Waals surface area contributed by atoms with Gasteiger partial charge in [-0.15, -0.1) is 11.3 Å². The highest BCUT2D eigenvalue weighted by Crippen LogP contribution is 2.26. The van der Waals surface area contributed by atoms with Crippen LogP contribution in [0.1, 0.15) is 16.9 Å². The largest absolute Gasteiger partial charge is 0.351 e. The summed E-state index contributed by atoms with van der Waals surface area (Å²) in [4.78, 5) is 27.2. The molecule has 1 atom stereocenters. The standard InChI is InChI=1S/C19H23N3O4S2/c1-13-4-6-15(7-5-13)22-12-14(10-17(22)23)19(24)20-11-16-8-9-18(27-16)28(25,26)21(2)3/h4-9,14H,10-12H2,1-3H3,(H,20,24). The zero-order valence-corrected chi connectivity index (χ0v) is 17.6. The maximum absolute atomic E-state index is 12.5. The second kappa shape index (κ2) is 8.02. The number of amides is 2. The Hall–Kier alpha value is -2.23. The van der Waals surface area contributed by atoms with Crippen molar-refractivity contribution in [3.05, 3.63) is 46.8 Å². The lowest BCUT2D eigenvalue weighted by atomic mass is 10.1. The van der Waals surface area contributed by atoms with Crippen LogP contribution in [0.5, 0.6) is 0 Å². The zero-order chi connectivity index (χ0) is 20.5. The molecule has 1 aromatic carbocycles. The molecule has 0 spiro atoms.